The molecule has 3 nitrogen and oxygen atoms in total. The summed E-state index contributed by atoms with van der Waals surface area (Å²) in [4.78, 5) is 12.2. The number of para-hydroxylation sites is 1. The molecule has 1 N–H and O–H groups in total. The molecule has 1 saturated carbocycles. The van der Waals surface area contributed by atoms with Crippen LogP contribution in [0.5, 0.6) is 0 Å². The van der Waals surface area contributed by atoms with Crippen molar-refractivity contribution in [2.45, 2.75) is 26.7 Å². The Bertz CT molecular complexity index is 507. The summed E-state index contributed by atoms with van der Waals surface area (Å²) in [5, 5.41) is 12.5. The van der Waals surface area contributed by atoms with Gasteiger partial charge in [0.05, 0.1) is 16.8 Å². The Morgan fingerprint density at radius 3 is 2.72 bits per heavy atom. The standard InChI is InChI=1S/C14H15ClN2O/c1-9-6-14(7-9,8-16)13(18)17-12-10(2)4-3-5-11(12)15/h3-5,9H,6-7H2,1-2H3,(H,17,18). The zero-order chi connectivity index (χ0) is 13.3. The minimum Gasteiger partial charge on any atom is -0.323 e. The van der Waals surface area contributed by atoms with Crippen molar-refractivity contribution in [3.05, 3.63) is 28.8 Å². The molecule has 0 heterocycles. The van der Waals surface area contributed by atoms with E-state index in [2.05, 4.69) is 11.4 Å². The molecule has 1 amide bonds. The first-order valence-corrected chi connectivity index (χ1v) is 6.34. The van der Waals surface area contributed by atoms with Crippen LogP contribution in [0.15, 0.2) is 18.2 Å². The molecular weight excluding hydrogens is 248 g/mol. The fourth-order valence-corrected chi connectivity index (χ4v) is 2.75. The van der Waals surface area contributed by atoms with Crippen LogP contribution in [0.4, 0.5) is 5.69 Å². The van der Waals surface area contributed by atoms with Gasteiger partial charge < -0.3 is 5.32 Å². The lowest BCUT2D eigenvalue weighted by molar-refractivity contribution is -0.128. The number of amides is 1. The van der Waals surface area contributed by atoms with E-state index in [9.17, 15) is 10.1 Å². The molecule has 0 atom stereocenters. The van der Waals surface area contributed by atoms with Gasteiger partial charge in [0.25, 0.3) is 0 Å². The molecule has 1 aromatic carbocycles. The Morgan fingerprint density at radius 2 is 2.22 bits per heavy atom. The number of carbonyl (C=O) groups is 1. The van der Waals surface area contributed by atoms with Crippen LogP contribution in [-0.2, 0) is 4.79 Å². The molecule has 2 rings (SSSR count). The SMILES string of the molecule is Cc1cccc(Cl)c1NC(=O)C1(C#N)CC(C)C1. The summed E-state index contributed by atoms with van der Waals surface area (Å²) in [6, 6.07) is 7.59. The third kappa shape index (κ3) is 2.09. The molecule has 0 saturated heterocycles. The molecule has 1 aliphatic rings. The predicted molar refractivity (Wildman–Crippen MR) is 71.3 cm³/mol. The van der Waals surface area contributed by atoms with Crippen LogP contribution in [0.2, 0.25) is 5.02 Å². The van der Waals surface area contributed by atoms with E-state index in [0.29, 0.717) is 29.5 Å². The van der Waals surface area contributed by atoms with Crippen molar-refractivity contribution in [1.82, 2.24) is 0 Å². The summed E-state index contributed by atoms with van der Waals surface area (Å²) in [7, 11) is 0. The molecule has 0 spiro atoms. The Morgan fingerprint density at radius 1 is 1.56 bits per heavy atom. The monoisotopic (exact) mass is 262 g/mol. The molecule has 94 valence electrons. The van der Waals surface area contributed by atoms with Gasteiger partial charge in [0.2, 0.25) is 5.91 Å². The van der Waals surface area contributed by atoms with Crippen LogP contribution >= 0.6 is 11.6 Å². The smallest absolute Gasteiger partial charge is 0.244 e. The van der Waals surface area contributed by atoms with E-state index in [1.54, 1.807) is 6.07 Å². The van der Waals surface area contributed by atoms with Crippen molar-refractivity contribution >= 4 is 23.2 Å². The van der Waals surface area contributed by atoms with Crippen molar-refractivity contribution in [2.24, 2.45) is 11.3 Å². The number of anilines is 1. The number of hydrogen-bond donors (Lipinski definition) is 1. The van der Waals surface area contributed by atoms with Crippen molar-refractivity contribution in [3.63, 3.8) is 0 Å². The van der Waals surface area contributed by atoms with E-state index in [1.807, 2.05) is 26.0 Å². The molecule has 18 heavy (non-hydrogen) atoms. The van der Waals surface area contributed by atoms with Gasteiger partial charge in [-0.3, -0.25) is 4.79 Å². The van der Waals surface area contributed by atoms with Crippen molar-refractivity contribution in [1.29, 1.82) is 5.26 Å². The summed E-state index contributed by atoms with van der Waals surface area (Å²) >= 11 is 6.06. The molecule has 4 heteroatoms. The molecule has 0 aliphatic heterocycles. The minimum absolute atomic E-state index is 0.237. The van der Waals surface area contributed by atoms with E-state index in [4.69, 9.17) is 11.6 Å². The second kappa shape index (κ2) is 4.62. The molecule has 0 aromatic heterocycles. The third-order valence-electron chi connectivity index (χ3n) is 3.50. The first kappa shape index (κ1) is 12.9. The summed E-state index contributed by atoms with van der Waals surface area (Å²) < 4.78 is 0. The molecule has 1 aliphatic carbocycles. The van der Waals surface area contributed by atoms with Gasteiger partial charge in [-0.25, -0.2) is 0 Å². The van der Waals surface area contributed by atoms with Gasteiger partial charge in [0.1, 0.15) is 5.41 Å². The maximum Gasteiger partial charge on any atom is 0.244 e. The molecule has 1 fully saturated rings. The van der Waals surface area contributed by atoms with E-state index in [0.717, 1.165) is 5.56 Å². The second-order valence-electron chi connectivity index (χ2n) is 5.09. The first-order valence-electron chi connectivity index (χ1n) is 5.96. The van der Waals surface area contributed by atoms with Gasteiger partial charge in [-0.05, 0) is 37.3 Å². The van der Waals surface area contributed by atoms with Gasteiger partial charge >= 0.3 is 0 Å². The Labute approximate surface area is 112 Å². The molecule has 0 bridgehead atoms. The van der Waals surface area contributed by atoms with Gasteiger partial charge in [0.15, 0.2) is 0 Å². The van der Waals surface area contributed by atoms with Crippen LogP contribution < -0.4 is 5.32 Å². The molecular formula is C14H15ClN2O. The maximum absolute atomic E-state index is 12.2. The zero-order valence-corrected chi connectivity index (χ0v) is 11.2. The van der Waals surface area contributed by atoms with Crippen LogP contribution in [0, 0.1) is 29.6 Å². The Kier molecular flexibility index (Phi) is 3.32. The number of benzene rings is 1. The quantitative estimate of drug-likeness (QED) is 0.886. The number of aryl methyl sites for hydroxylation is 1. The number of nitrogens with zero attached hydrogens (tertiary/aromatic N) is 1. The third-order valence-corrected chi connectivity index (χ3v) is 3.82. The number of halogens is 1. The van der Waals surface area contributed by atoms with E-state index >= 15 is 0 Å². The normalized spacial score (nSPS) is 26.0. The minimum atomic E-state index is -0.870. The van der Waals surface area contributed by atoms with Crippen LogP contribution in [-0.4, -0.2) is 5.91 Å². The second-order valence-corrected chi connectivity index (χ2v) is 5.50. The van der Waals surface area contributed by atoms with Crippen LogP contribution in [0.3, 0.4) is 0 Å². The highest BCUT2D eigenvalue weighted by molar-refractivity contribution is 6.34. The summed E-state index contributed by atoms with van der Waals surface area (Å²) in [5.41, 5.74) is 0.639. The number of rotatable bonds is 2. The lowest BCUT2D eigenvalue weighted by Gasteiger charge is -2.39. The van der Waals surface area contributed by atoms with E-state index in [1.165, 1.54) is 0 Å². The number of carbonyl (C=O) groups excluding carboxylic acids is 1. The lowest BCUT2D eigenvalue weighted by atomic mass is 9.63. The Hall–Kier alpha value is -1.53. The molecule has 0 unspecified atom stereocenters. The highest BCUT2D eigenvalue weighted by Crippen LogP contribution is 2.46. The first-order chi connectivity index (χ1) is 8.48. The van der Waals surface area contributed by atoms with Crippen molar-refractivity contribution in [3.8, 4) is 6.07 Å². The summed E-state index contributed by atoms with van der Waals surface area (Å²) in [5.74, 6) is 0.196. The largest absolute Gasteiger partial charge is 0.323 e. The Balaban J connectivity index is 2.20. The van der Waals surface area contributed by atoms with Gasteiger partial charge in [0, 0.05) is 0 Å². The van der Waals surface area contributed by atoms with Crippen LogP contribution in [0.1, 0.15) is 25.3 Å². The fraction of sp³-hybridized carbons (Fsp3) is 0.429. The molecule has 0 radical (unpaired) electrons. The van der Waals surface area contributed by atoms with Crippen LogP contribution in [0.25, 0.3) is 0 Å². The van der Waals surface area contributed by atoms with Crippen molar-refractivity contribution < 1.29 is 4.79 Å². The topological polar surface area (TPSA) is 52.9 Å². The fourth-order valence-electron chi connectivity index (χ4n) is 2.48. The number of nitrogens with one attached hydrogen (secondary N) is 1. The average molecular weight is 263 g/mol. The zero-order valence-electron chi connectivity index (χ0n) is 10.5. The van der Waals surface area contributed by atoms with Crippen molar-refractivity contribution in [2.75, 3.05) is 5.32 Å². The predicted octanol–water partition coefficient (Wildman–Crippen LogP) is 3.53. The highest BCUT2D eigenvalue weighted by Gasteiger charge is 2.49. The highest BCUT2D eigenvalue weighted by atomic mass is 35.5. The average Bonchev–Trinajstić information content (AvgIpc) is 2.29. The van der Waals surface area contributed by atoms with Gasteiger partial charge in [-0.1, -0.05) is 30.7 Å². The number of hydrogen-bond acceptors (Lipinski definition) is 2. The number of nitriles is 1. The molecule has 1 aromatic rings. The van der Waals surface area contributed by atoms with E-state index < -0.39 is 5.41 Å². The van der Waals surface area contributed by atoms with Gasteiger partial charge in [-0.2, -0.15) is 5.26 Å². The summed E-state index contributed by atoms with van der Waals surface area (Å²) in [6.45, 7) is 3.92. The lowest BCUT2D eigenvalue weighted by Crippen LogP contribution is -2.45. The van der Waals surface area contributed by atoms with Gasteiger partial charge in [-0.15, -0.1) is 0 Å². The van der Waals surface area contributed by atoms with E-state index in [-0.39, 0.29) is 5.91 Å². The maximum atomic E-state index is 12.2. The summed E-state index contributed by atoms with van der Waals surface area (Å²) in [6.07, 6.45) is 1.25.